The van der Waals surface area contributed by atoms with E-state index < -0.39 is 0 Å². The van der Waals surface area contributed by atoms with Crippen LogP contribution in [0.2, 0.25) is 0 Å². The van der Waals surface area contributed by atoms with Gasteiger partial charge in [-0.15, -0.1) is 0 Å². The summed E-state index contributed by atoms with van der Waals surface area (Å²) in [7, 11) is 0. The third kappa shape index (κ3) is 3.66. The number of fused-ring (bicyclic) bond motifs is 1. The fourth-order valence-electron chi connectivity index (χ4n) is 2.97. The molecule has 1 N–H and O–H groups in total. The van der Waals surface area contributed by atoms with E-state index in [1.807, 2.05) is 17.5 Å². The topological polar surface area (TPSA) is 46.4 Å². The van der Waals surface area contributed by atoms with E-state index in [-0.39, 0.29) is 24.0 Å². The molecule has 2 aromatic carbocycles. The van der Waals surface area contributed by atoms with E-state index in [1.54, 1.807) is 30.3 Å². The molecule has 0 bridgehead atoms. The van der Waals surface area contributed by atoms with Gasteiger partial charge in [0.1, 0.15) is 11.6 Å². The summed E-state index contributed by atoms with van der Waals surface area (Å²) in [5, 5.41) is 2.84. The number of aromatic nitrogens is 2. The number of imidazole rings is 1. The number of thiazole rings is 1. The summed E-state index contributed by atoms with van der Waals surface area (Å²) in [4.78, 5) is 18.5. The number of aryl methyl sites for hydroxylation is 1. The minimum absolute atomic E-state index is 0.00292. The average molecular weight is 397 g/mol. The number of amides is 1. The van der Waals surface area contributed by atoms with Gasteiger partial charge in [-0.1, -0.05) is 29.5 Å². The van der Waals surface area contributed by atoms with Crippen LogP contribution in [0, 0.1) is 18.6 Å². The van der Waals surface area contributed by atoms with Gasteiger partial charge in [0.25, 0.3) is 0 Å². The molecule has 4 nitrogen and oxygen atoms in total. The summed E-state index contributed by atoms with van der Waals surface area (Å²) in [6, 6.07) is 12.5. The fraction of sp³-hybridized carbons (Fsp3) is 0.143. The molecule has 7 heteroatoms. The van der Waals surface area contributed by atoms with Crippen LogP contribution < -0.4 is 5.32 Å². The Hall–Kier alpha value is -3.06. The van der Waals surface area contributed by atoms with Crippen molar-refractivity contribution < 1.29 is 13.6 Å². The Kier molecular flexibility index (Phi) is 4.92. The molecule has 142 valence electrons. The molecule has 0 spiro atoms. The first kappa shape index (κ1) is 18.3. The molecule has 4 rings (SSSR count). The highest BCUT2D eigenvalue weighted by molar-refractivity contribution is 7.17. The molecule has 1 amide bonds. The number of carbonyl (C=O) groups is 1. The number of nitrogens with zero attached hydrogens (tertiary/aromatic N) is 2. The third-order valence-electron chi connectivity index (χ3n) is 4.55. The molecular weight excluding hydrogens is 380 g/mol. The fourth-order valence-corrected chi connectivity index (χ4v) is 4.02. The van der Waals surface area contributed by atoms with Crippen LogP contribution in [0.5, 0.6) is 0 Å². The normalized spacial score (nSPS) is 11.1. The highest BCUT2D eigenvalue weighted by Crippen LogP contribution is 2.27. The number of hydrogen-bond acceptors (Lipinski definition) is 3. The number of hydrogen-bond donors (Lipinski definition) is 1. The van der Waals surface area contributed by atoms with Crippen molar-refractivity contribution in [2.75, 3.05) is 0 Å². The summed E-state index contributed by atoms with van der Waals surface area (Å²) in [5.74, 6) is -0.895. The van der Waals surface area contributed by atoms with E-state index in [2.05, 4.69) is 10.3 Å². The molecule has 0 radical (unpaired) electrons. The lowest BCUT2D eigenvalue weighted by molar-refractivity contribution is -0.120. The van der Waals surface area contributed by atoms with Crippen LogP contribution >= 0.6 is 11.3 Å². The quantitative estimate of drug-likeness (QED) is 0.539. The van der Waals surface area contributed by atoms with Gasteiger partial charge < -0.3 is 5.32 Å². The second-order valence-electron chi connectivity index (χ2n) is 6.44. The molecule has 2 heterocycles. The monoisotopic (exact) mass is 397 g/mol. The van der Waals surface area contributed by atoms with Gasteiger partial charge in [0.15, 0.2) is 4.96 Å². The van der Waals surface area contributed by atoms with Crippen molar-refractivity contribution in [1.82, 2.24) is 14.7 Å². The van der Waals surface area contributed by atoms with E-state index in [4.69, 9.17) is 0 Å². The van der Waals surface area contributed by atoms with Crippen molar-refractivity contribution in [3.63, 3.8) is 0 Å². The van der Waals surface area contributed by atoms with Gasteiger partial charge in [-0.05, 0) is 42.8 Å². The molecule has 0 fully saturated rings. The zero-order valence-electron chi connectivity index (χ0n) is 15.1. The molecule has 0 aliphatic carbocycles. The maximum atomic E-state index is 13.7. The molecule has 0 unspecified atom stereocenters. The zero-order valence-corrected chi connectivity index (χ0v) is 15.9. The standard InChI is InChI=1S/C21H17F2N3OS/c1-13-19(11-24-20(27)10-15-4-2-3-5-17(15)23)28-21-25-18(12-26(13)21)14-6-8-16(22)9-7-14/h2-9,12H,10-11H2,1H3,(H,24,27). The van der Waals surface area contributed by atoms with Crippen LogP contribution in [0.1, 0.15) is 16.1 Å². The van der Waals surface area contributed by atoms with E-state index in [1.165, 1.54) is 29.5 Å². The van der Waals surface area contributed by atoms with Crippen LogP contribution in [0.4, 0.5) is 8.78 Å². The Labute approximate surface area is 164 Å². The lowest BCUT2D eigenvalue weighted by atomic mass is 10.1. The van der Waals surface area contributed by atoms with Gasteiger partial charge in [0, 0.05) is 22.3 Å². The number of rotatable bonds is 5. The van der Waals surface area contributed by atoms with Crippen LogP contribution in [0.15, 0.2) is 54.7 Å². The highest BCUT2D eigenvalue weighted by atomic mass is 32.1. The SMILES string of the molecule is Cc1c(CNC(=O)Cc2ccccc2F)sc2nc(-c3ccc(F)cc3)cn12. The number of halogens is 2. The first-order valence-electron chi connectivity index (χ1n) is 8.74. The summed E-state index contributed by atoms with van der Waals surface area (Å²) >= 11 is 1.48. The van der Waals surface area contributed by atoms with Gasteiger partial charge in [0.05, 0.1) is 18.7 Å². The Morgan fingerprint density at radius 1 is 1.14 bits per heavy atom. The van der Waals surface area contributed by atoms with Crippen molar-refractivity contribution in [3.05, 3.63) is 82.5 Å². The smallest absolute Gasteiger partial charge is 0.224 e. The average Bonchev–Trinajstić information content (AvgIpc) is 3.22. The van der Waals surface area contributed by atoms with Crippen molar-refractivity contribution in [2.24, 2.45) is 0 Å². The zero-order chi connectivity index (χ0) is 19.7. The minimum Gasteiger partial charge on any atom is -0.351 e. The Morgan fingerprint density at radius 2 is 1.89 bits per heavy atom. The van der Waals surface area contributed by atoms with Crippen LogP contribution in [-0.4, -0.2) is 15.3 Å². The second kappa shape index (κ2) is 7.52. The molecule has 0 aliphatic rings. The highest BCUT2D eigenvalue weighted by Gasteiger charge is 2.14. The molecule has 0 saturated carbocycles. The first-order chi connectivity index (χ1) is 13.5. The summed E-state index contributed by atoms with van der Waals surface area (Å²) in [5.41, 5.74) is 2.97. The molecule has 4 aromatic rings. The number of benzene rings is 2. The van der Waals surface area contributed by atoms with E-state index >= 15 is 0 Å². The molecule has 0 saturated heterocycles. The van der Waals surface area contributed by atoms with E-state index in [0.29, 0.717) is 12.1 Å². The van der Waals surface area contributed by atoms with Crippen molar-refractivity contribution >= 4 is 22.2 Å². The summed E-state index contributed by atoms with van der Waals surface area (Å²) < 4.78 is 28.7. The predicted octanol–water partition coefficient (Wildman–Crippen LogP) is 4.51. The van der Waals surface area contributed by atoms with Crippen molar-refractivity contribution in [2.45, 2.75) is 19.9 Å². The second-order valence-corrected chi connectivity index (χ2v) is 7.50. The van der Waals surface area contributed by atoms with Gasteiger partial charge in [0.2, 0.25) is 5.91 Å². The van der Waals surface area contributed by atoms with Crippen LogP contribution in [0.25, 0.3) is 16.2 Å². The molecule has 0 aliphatic heterocycles. The lowest BCUT2D eigenvalue weighted by Crippen LogP contribution is -2.24. The van der Waals surface area contributed by atoms with E-state index in [0.717, 1.165) is 26.8 Å². The first-order valence-corrected chi connectivity index (χ1v) is 9.56. The summed E-state index contributed by atoms with van der Waals surface area (Å²) in [6.07, 6.45) is 1.90. The Balaban J connectivity index is 1.47. The largest absolute Gasteiger partial charge is 0.351 e. The maximum absolute atomic E-state index is 13.7. The Morgan fingerprint density at radius 3 is 2.61 bits per heavy atom. The maximum Gasteiger partial charge on any atom is 0.224 e. The molecule has 2 aromatic heterocycles. The lowest BCUT2D eigenvalue weighted by Gasteiger charge is -2.05. The summed E-state index contributed by atoms with van der Waals surface area (Å²) in [6.45, 7) is 2.32. The molecular formula is C21H17F2N3OS. The number of carbonyl (C=O) groups excluding carboxylic acids is 1. The Bertz CT molecular complexity index is 1150. The molecule has 28 heavy (non-hydrogen) atoms. The van der Waals surface area contributed by atoms with Gasteiger partial charge in [-0.2, -0.15) is 0 Å². The number of nitrogens with one attached hydrogen (secondary N) is 1. The van der Waals surface area contributed by atoms with Crippen molar-refractivity contribution in [1.29, 1.82) is 0 Å². The third-order valence-corrected chi connectivity index (χ3v) is 5.70. The van der Waals surface area contributed by atoms with Gasteiger partial charge in [-0.25, -0.2) is 13.8 Å². The molecule has 0 atom stereocenters. The van der Waals surface area contributed by atoms with Crippen LogP contribution in [0.3, 0.4) is 0 Å². The van der Waals surface area contributed by atoms with Gasteiger partial charge >= 0.3 is 0 Å². The van der Waals surface area contributed by atoms with Crippen LogP contribution in [-0.2, 0) is 17.8 Å². The van der Waals surface area contributed by atoms with E-state index in [9.17, 15) is 13.6 Å². The minimum atomic E-state index is -0.378. The van der Waals surface area contributed by atoms with Crippen molar-refractivity contribution in [3.8, 4) is 11.3 Å². The predicted molar refractivity (Wildman–Crippen MR) is 105 cm³/mol. The van der Waals surface area contributed by atoms with Gasteiger partial charge in [-0.3, -0.25) is 9.20 Å².